The van der Waals surface area contributed by atoms with Crippen LogP contribution in [0.25, 0.3) is 11.0 Å². The SMILES string of the molecule is CC[C@@H](C)n1c(SCC(=O)N[C@@H](C)CCc2ccccc2)nc2cc(C)[nH]c2c1=O. The normalized spacial score (nSPS) is 13.3. The van der Waals surface area contributed by atoms with Crippen LogP contribution in [-0.2, 0) is 11.2 Å². The van der Waals surface area contributed by atoms with Gasteiger partial charge in [-0.15, -0.1) is 0 Å². The van der Waals surface area contributed by atoms with E-state index in [0.29, 0.717) is 16.2 Å². The molecule has 3 aromatic rings. The Labute approximate surface area is 181 Å². The number of thioether (sulfide) groups is 1. The molecule has 0 aliphatic carbocycles. The summed E-state index contributed by atoms with van der Waals surface area (Å²) in [5.41, 5.74) is 3.26. The van der Waals surface area contributed by atoms with Crippen molar-refractivity contribution in [1.29, 1.82) is 0 Å². The maximum Gasteiger partial charge on any atom is 0.278 e. The third-order valence-electron chi connectivity index (χ3n) is 5.27. The second kappa shape index (κ2) is 9.98. The Morgan fingerprint density at radius 1 is 1.27 bits per heavy atom. The van der Waals surface area contributed by atoms with Crippen LogP contribution in [0, 0.1) is 6.92 Å². The summed E-state index contributed by atoms with van der Waals surface area (Å²) in [6, 6.07) is 12.2. The lowest BCUT2D eigenvalue weighted by Gasteiger charge is -2.18. The van der Waals surface area contributed by atoms with Crippen LogP contribution in [0.1, 0.15) is 50.9 Å². The van der Waals surface area contributed by atoms with E-state index in [4.69, 9.17) is 0 Å². The largest absolute Gasteiger partial charge is 0.353 e. The molecule has 0 unspecified atom stereocenters. The van der Waals surface area contributed by atoms with E-state index in [1.807, 2.05) is 52.0 Å². The average molecular weight is 427 g/mol. The van der Waals surface area contributed by atoms with Gasteiger partial charge in [0, 0.05) is 17.8 Å². The third-order valence-corrected chi connectivity index (χ3v) is 6.22. The zero-order valence-corrected chi connectivity index (χ0v) is 18.9. The Hall–Kier alpha value is -2.54. The highest BCUT2D eigenvalue weighted by Crippen LogP contribution is 2.22. The molecular weight excluding hydrogens is 396 g/mol. The molecule has 0 bridgehead atoms. The van der Waals surface area contributed by atoms with Crippen molar-refractivity contribution < 1.29 is 4.79 Å². The van der Waals surface area contributed by atoms with Gasteiger partial charge in [0.2, 0.25) is 5.91 Å². The fraction of sp³-hybridized carbons (Fsp3) is 0.435. The highest BCUT2D eigenvalue weighted by Gasteiger charge is 2.18. The maximum atomic E-state index is 13.0. The predicted octanol–water partition coefficient (Wildman–Crippen LogP) is 4.23. The van der Waals surface area contributed by atoms with Gasteiger partial charge in [-0.25, -0.2) is 4.98 Å². The van der Waals surface area contributed by atoms with Crippen molar-refractivity contribution in [2.75, 3.05) is 5.75 Å². The van der Waals surface area contributed by atoms with Gasteiger partial charge in [0.15, 0.2) is 5.16 Å². The number of carbonyl (C=O) groups is 1. The summed E-state index contributed by atoms with van der Waals surface area (Å²) >= 11 is 1.32. The van der Waals surface area contributed by atoms with Gasteiger partial charge in [-0.05, 0) is 51.7 Å². The molecule has 2 heterocycles. The molecule has 0 spiro atoms. The molecule has 7 heteroatoms. The van der Waals surface area contributed by atoms with Gasteiger partial charge in [0.05, 0.1) is 11.3 Å². The van der Waals surface area contributed by atoms with Crippen molar-refractivity contribution in [2.24, 2.45) is 0 Å². The first-order valence-electron chi connectivity index (χ1n) is 10.5. The number of H-pyrrole nitrogens is 1. The van der Waals surface area contributed by atoms with E-state index in [-0.39, 0.29) is 29.3 Å². The van der Waals surface area contributed by atoms with Gasteiger partial charge in [0.1, 0.15) is 5.52 Å². The standard InChI is InChI=1S/C23H30N4O2S/c1-5-17(4)27-22(29)21-19(13-16(3)25-21)26-23(27)30-14-20(28)24-15(2)11-12-18-9-7-6-8-10-18/h6-10,13,15,17,25H,5,11-12,14H2,1-4H3,(H,24,28)/t15-,17+/m0/s1. The van der Waals surface area contributed by atoms with Gasteiger partial charge in [-0.2, -0.15) is 0 Å². The first-order valence-corrected chi connectivity index (χ1v) is 11.5. The predicted molar refractivity (Wildman–Crippen MR) is 123 cm³/mol. The lowest BCUT2D eigenvalue weighted by atomic mass is 10.1. The van der Waals surface area contributed by atoms with Gasteiger partial charge in [-0.3, -0.25) is 14.2 Å². The van der Waals surface area contributed by atoms with E-state index < -0.39 is 0 Å². The van der Waals surface area contributed by atoms with Crippen molar-refractivity contribution in [2.45, 2.75) is 64.2 Å². The van der Waals surface area contributed by atoms with Crippen LogP contribution < -0.4 is 10.9 Å². The molecule has 0 aliphatic heterocycles. The Bertz CT molecular complexity index is 1060. The van der Waals surface area contributed by atoms with Crippen LogP contribution >= 0.6 is 11.8 Å². The number of hydrogen-bond donors (Lipinski definition) is 2. The molecule has 2 atom stereocenters. The van der Waals surface area contributed by atoms with Crippen molar-refractivity contribution in [3.63, 3.8) is 0 Å². The molecule has 1 amide bonds. The number of nitrogens with one attached hydrogen (secondary N) is 2. The number of benzene rings is 1. The molecule has 0 fully saturated rings. The van der Waals surface area contributed by atoms with E-state index in [9.17, 15) is 9.59 Å². The summed E-state index contributed by atoms with van der Waals surface area (Å²) in [4.78, 5) is 33.2. The molecule has 0 saturated carbocycles. The number of carbonyl (C=O) groups excluding carboxylic acids is 1. The van der Waals surface area contributed by atoms with Gasteiger partial charge < -0.3 is 10.3 Å². The number of fused-ring (bicyclic) bond motifs is 1. The molecule has 0 radical (unpaired) electrons. The first-order chi connectivity index (χ1) is 14.4. The van der Waals surface area contributed by atoms with Crippen LogP contribution in [-0.4, -0.2) is 32.2 Å². The molecule has 6 nitrogen and oxygen atoms in total. The number of nitrogens with zero attached hydrogens (tertiary/aromatic N) is 2. The molecule has 160 valence electrons. The van der Waals surface area contributed by atoms with Crippen molar-refractivity contribution in [3.05, 3.63) is 58.0 Å². The third kappa shape index (κ3) is 5.33. The lowest BCUT2D eigenvalue weighted by Crippen LogP contribution is -2.34. The summed E-state index contributed by atoms with van der Waals surface area (Å²) < 4.78 is 1.70. The molecule has 2 N–H and O–H groups in total. The van der Waals surface area contributed by atoms with Gasteiger partial charge >= 0.3 is 0 Å². The van der Waals surface area contributed by atoms with Crippen molar-refractivity contribution in [3.8, 4) is 0 Å². The minimum absolute atomic E-state index is 0.00774. The number of amides is 1. The second-order valence-corrected chi connectivity index (χ2v) is 8.76. The first kappa shape index (κ1) is 22.2. The van der Waals surface area contributed by atoms with Crippen LogP contribution in [0.5, 0.6) is 0 Å². The fourth-order valence-electron chi connectivity index (χ4n) is 3.41. The summed E-state index contributed by atoms with van der Waals surface area (Å²) in [6.45, 7) is 7.97. The minimum atomic E-state index is -0.0819. The van der Waals surface area contributed by atoms with Crippen LogP contribution in [0.15, 0.2) is 46.3 Å². The summed E-state index contributed by atoms with van der Waals surface area (Å²) in [5.74, 6) is 0.184. The number of aryl methyl sites for hydroxylation is 2. The van der Waals surface area contributed by atoms with Crippen molar-refractivity contribution in [1.82, 2.24) is 19.9 Å². The lowest BCUT2D eigenvalue weighted by molar-refractivity contribution is -0.119. The van der Waals surface area contributed by atoms with E-state index in [2.05, 4.69) is 27.4 Å². The van der Waals surface area contributed by atoms with Crippen LogP contribution in [0.3, 0.4) is 0 Å². The van der Waals surface area contributed by atoms with E-state index in [1.54, 1.807) is 4.57 Å². The highest BCUT2D eigenvalue weighted by atomic mass is 32.2. The summed E-state index contributed by atoms with van der Waals surface area (Å²) in [5, 5.41) is 3.65. The second-order valence-electron chi connectivity index (χ2n) is 7.82. The molecule has 0 saturated heterocycles. The maximum absolute atomic E-state index is 13.0. The van der Waals surface area contributed by atoms with Crippen LogP contribution in [0.4, 0.5) is 0 Å². The van der Waals surface area contributed by atoms with Gasteiger partial charge in [0.25, 0.3) is 5.56 Å². The molecule has 30 heavy (non-hydrogen) atoms. The minimum Gasteiger partial charge on any atom is -0.353 e. The Balaban J connectivity index is 1.65. The fourth-order valence-corrected chi connectivity index (χ4v) is 4.32. The van der Waals surface area contributed by atoms with Crippen molar-refractivity contribution >= 4 is 28.7 Å². The average Bonchev–Trinajstić information content (AvgIpc) is 3.11. The van der Waals surface area contributed by atoms with Gasteiger partial charge in [-0.1, -0.05) is 49.0 Å². The summed E-state index contributed by atoms with van der Waals surface area (Å²) in [6.07, 6.45) is 2.61. The number of rotatable bonds is 9. The molecule has 3 rings (SSSR count). The number of aromatic nitrogens is 3. The quantitative estimate of drug-likeness (QED) is 0.396. The zero-order chi connectivity index (χ0) is 21.7. The Morgan fingerprint density at radius 3 is 2.70 bits per heavy atom. The number of aromatic amines is 1. The zero-order valence-electron chi connectivity index (χ0n) is 18.1. The molecule has 2 aromatic heterocycles. The van der Waals surface area contributed by atoms with Crippen LogP contribution in [0.2, 0.25) is 0 Å². The highest BCUT2D eigenvalue weighted by molar-refractivity contribution is 7.99. The molecule has 1 aromatic carbocycles. The topological polar surface area (TPSA) is 79.8 Å². The van der Waals surface area contributed by atoms with E-state index >= 15 is 0 Å². The van der Waals surface area contributed by atoms with E-state index in [0.717, 1.165) is 25.0 Å². The Morgan fingerprint density at radius 2 is 2.00 bits per heavy atom. The molecule has 0 aliphatic rings. The monoisotopic (exact) mass is 426 g/mol. The Kier molecular flexibility index (Phi) is 7.37. The molecular formula is C23H30N4O2S. The number of hydrogen-bond acceptors (Lipinski definition) is 4. The summed E-state index contributed by atoms with van der Waals surface area (Å²) in [7, 11) is 0. The smallest absolute Gasteiger partial charge is 0.278 e. The van der Waals surface area contributed by atoms with E-state index in [1.165, 1.54) is 17.3 Å².